The Kier molecular flexibility index (Phi) is 7.47. The Labute approximate surface area is 162 Å². The summed E-state index contributed by atoms with van der Waals surface area (Å²) in [6.07, 6.45) is 15.1. The van der Waals surface area contributed by atoms with E-state index in [1.807, 2.05) is 0 Å². The minimum atomic E-state index is -4.48. The van der Waals surface area contributed by atoms with Crippen LogP contribution in [0.1, 0.15) is 77.0 Å². The van der Waals surface area contributed by atoms with Gasteiger partial charge in [-0.2, -0.15) is 0 Å². The van der Waals surface area contributed by atoms with Crippen molar-refractivity contribution in [1.82, 2.24) is 0 Å². The summed E-state index contributed by atoms with van der Waals surface area (Å²) in [5.74, 6) is 3.51. The molecule has 0 unspecified atom stereocenters. The Balaban J connectivity index is 1.35. The molecule has 1 nitrogen and oxygen atoms in total. The summed E-state index contributed by atoms with van der Waals surface area (Å²) in [6.45, 7) is 3.92. The minimum absolute atomic E-state index is 0.567. The van der Waals surface area contributed by atoms with Gasteiger partial charge in [0.15, 0.2) is 0 Å². The summed E-state index contributed by atoms with van der Waals surface area (Å²) in [5.41, 5.74) is 0. The van der Waals surface area contributed by atoms with E-state index in [1.165, 1.54) is 51.4 Å². The molecule has 0 heterocycles. The van der Waals surface area contributed by atoms with Gasteiger partial charge >= 0.3 is 6.36 Å². The van der Waals surface area contributed by atoms with Crippen LogP contribution in [-0.2, 0) is 4.74 Å². The van der Waals surface area contributed by atoms with E-state index in [1.54, 1.807) is 0 Å². The lowest BCUT2D eigenvalue weighted by Crippen LogP contribution is -2.31. The number of ether oxygens (including phenoxy) is 1. The maximum absolute atomic E-state index is 12.3. The van der Waals surface area contributed by atoms with Crippen LogP contribution in [0.3, 0.4) is 0 Å². The second kappa shape index (κ2) is 9.62. The van der Waals surface area contributed by atoms with Crippen LogP contribution in [0.25, 0.3) is 0 Å². The van der Waals surface area contributed by atoms with Gasteiger partial charge in [0.25, 0.3) is 0 Å². The zero-order chi connectivity index (χ0) is 19.3. The first-order valence-electron chi connectivity index (χ1n) is 11.0. The molecular formula is C23H35F3O. The third kappa shape index (κ3) is 6.66. The van der Waals surface area contributed by atoms with Gasteiger partial charge in [0.2, 0.25) is 0 Å². The topological polar surface area (TPSA) is 9.23 Å². The summed E-state index contributed by atoms with van der Waals surface area (Å²) in [4.78, 5) is 0. The van der Waals surface area contributed by atoms with Crippen LogP contribution in [0.4, 0.5) is 13.2 Å². The van der Waals surface area contributed by atoms with Gasteiger partial charge in [-0.05, 0) is 107 Å². The predicted molar refractivity (Wildman–Crippen MR) is 103 cm³/mol. The lowest BCUT2D eigenvalue weighted by atomic mass is 9.70. The molecule has 4 heteroatoms. The Morgan fingerprint density at radius 3 is 1.48 bits per heavy atom. The van der Waals surface area contributed by atoms with Crippen molar-refractivity contribution < 1.29 is 17.9 Å². The van der Waals surface area contributed by atoms with E-state index in [0.29, 0.717) is 30.6 Å². The van der Waals surface area contributed by atoms with Gasteiger partial charge in [-0.25, -0.2) is 0 Å². The average Bonchev–Trinajstić information content (AvgIpc) is 2.67. The maximum Gasteiger partial charge on any atom is 0.522 e. The largest absolute Gasteiger partial charge is 0.522 e. The van der Waals surface area contributed by atoms with Crippen LogP contribution in [0.5, 0.6) is 0 Å². The normalized spacial score (nSPS) is 38.8. The van der Waals surface area contributed by atoms with Crippen LogP contribution in [-0.4, -0.2) is 12.5 Å². The van der Waals surface area contributed by atoms with E-state index in [2.05, 4.69) is 29.5 Å². The first-order chi connectivity index (χ1) is 12.9. The van der Waals surface area contributed by atoms with Crippen molar-refractivity contribution >= 4 is 0 Å². The molecule has 3 aliphatic carbocycles. The number of hydrogen-bond acceptors (Lipinski definition) is 1. The van der Waals surface area contributed by atoms with E-state index in [9.17, 15) is 13.2 Å². The predicted octanol–water partition coefficient (Wildman–Crippen LogP) is 7.44. The van der Waals surface area contributed by atoms with Crippen LogP contribution < -0.4 is 0 Å². The summed E-state index contributed by atoms with van der Waals surface area (Å²) in [5, 5.41) is 0. The SMILES string of the molecule is C=CC1CCC(/C=C/C2CCC(C3CCC(OC(F)(F)F)CC3)CC2)CC1. The number of allylic oxidation sites excluding steroid dienone is 3. The molecule has 0 spiro atoms. The third-order valence-electron chi connectivity index (χ3n) is 7.31. The molecule has 0 N–H and O–H groups in total. The highest BCUT2D eigenvalue weighted by Crippen LogP contribution is 2.42. The molecule has 154 valence electrons. The Hall–Kier alpha value is -0.770. The third-order valence-corrected chi connectivity index (χ3v) is 7.31. The molecule has 3 aliphatic rings. The first-order valence-corrected chi connectivity index (χ1v) is 11.0. The first kappa shape index (κ1) is 21.0. The van der Waals surface area contributed by atoms with Crippen molar-refractivity contribution in [2.24, 2.45) is 29.6 Å². The van der Waals surface area contributed by atoms with Crippen molar-refractivity contribution in [2.75, 3.05) is 0 Å². The maximum atomic E-state index is 12.3. The molecular weight excluding hydrogens is 349 g/mol. The monoisotopic (exact) mass is 384 g/mol. The lowest BCUT2D eigenvalue weighted by molar-refractivity contribution is -0.346. The molecule has 3 saturated carbocycles. The van der Waals surface area contributed by atoms with Crippen molar-refractivity contribution in [3.63, 3.8) is 0 Å². The van der Waals surface area contributed by atoms with Crippen LogP contribution in [0.2, 0.25) is 0 Å². The minimum Gasteiger partial charge on any atom is -0.289 e. The Bertz CT molecular complexity index is 474. The molecule has 0 bridgehead atoms. The molecule has 0 atom stereocenters. The Morgan fingerprint density at radius 2 is 1.04 bits per heavy atom. The molecule has 3 rings (SSSR count). The van der Waals surface area contributed by atoms with Gasteiger partial charge in [0, 0.05) is 0 Å². The molecule has 27 heavy (non-hydrogen) atoms. The molecule has 0 saturated heterocycles. The van der Waals surface area contributed by atoms with Gasteiger partial charge in [-0.15, -0.1) is 19.8 Å². The quantitative estimate of drug-likeness (QED) is 0.448. The van der Waals surface area contributed by atoms with E-state index in [4.69, 9.17) is 0 Å². The number of alkyl halides is 3. The number of rotatable bonds is 5. The van der Waals surface area contributed by atoms with Gasteiger partial charge in [0.1, 0.15) is 0 Å². The molecule has 3 fully saturated rings. The lowest BCUT2D eigenvalue weighted by Gasteiger charge is -2.37. The molecule has 0 aliphatic heterocycles. The summed E-state index contributed by atoms with van der Waals surface area (Å²) in [7, 11) is 0. The van der Waals surface area contributed by atoms with Crippen LogP contribution in [0.15, 0.2) is 24.8 Å². The second-order valence-electron chi connectivity index (χ2n) is 9.07. The molecule has 0 aromatic rings. The van der Waals surface area contributed by atoms with Gasteiger partial charge in [-0.3, -0.25) is 4.74 Å². The van der Waals surface area contributed by atoms with Crippen LogP contribution >= 0.6 is 0 Å². The fourth-order valence-corrected chi connectivity index (χ4v) is 5.56. The molecule has 0 amide bonds. The summed E-state index contributed by atoms with van der Waals surface area (Å²) in [6, 6.07) is 0. The van der Waals surface area contributed by atoms with E-state index < -0.39 is 12.5 Å². The van der Waals surface area contributed by atoms with E-state index in [-0.39, 0.29) is 0 Å². The van der Waals surface area contributed by atoms with Crippen molar-refractivity contribution in [3.05, 3.63) is 24.8 Å². The zero-order valence-corrected chi connectivity index (χ0v) is 16.4. The fraction of sp³-hybridized carbons (Fsp3) is 0.826. The van der Waals surface area contributed by atoms with Crippen molar-refractivity contribution in [1.29, 1.82) is 0 Å². The van der Waals surface area contributed by atoms with Gasteiger partial charge in [0.05, 0.1) is 6.10 Å². The average molecular weight is 385 g/mol. The summed E-state index contributed by atoms with van der Waals surface area (Å²) >= 11 is 0. The molecule has 0 aromatic heterocycles. The number of hydrogen-bond donors (Lipinski definition) is 0. The zero-order valence-electron chi connectivity index (χ0n) is 16.4. The molecule has 0 aromatic carbocycles. The van der Waals surface area contributed by atoms with E-state index in [0.717, 1.165) is 24.7 Å². The van der Waals surface area contributed by atoms with Crippen molar-refractivity contribution in [2.45, 2.75) is 89.5 Å². The van der Waals surface area contributed by atoms with E-state index >= 15 is 0 Å². The molecule has 0 radical (unpaired) electrons. The number of halogens is 3. The highest BCUT2D eigenvalue weighted by molar-refractivity contribution is 4.98. The smallest absolute Gasteiger partial charge is 0.289 e. The van der Waals surface area contributed by atoms with Crippen molar-refractivity contribution in [3.8, 4) is 0 Å². The van der Waals surface area contributed by atoms with Gasteiger partial charge in [-0.1, -0.05) is 18.2 Å². The Morgan fingerprint density at radius 1 is 0.630 bits per heavy atom. The summed E-state index contributed by atoms with van der Waals surface area (Å²) < 4.78 is 41.3. The highest BCUT2D eigenvalue weighted by atomic mass is 19.4. The standard InChI is InChI=1S/C23H35F3O/c1-2-17-3-5-18(6-4-17)7-8-19-9-11-20(12-10-19)21-13-15-22(16-14-21)27-23(24,25)26/h2,7-8,17-22H,1,3-6,9-16H2/b8-7+. The second-order valence-corrected chi connectivity index (χ2v) is 9.07. The highest BCUT2D eigenvalue weighted by Gasteiger charge is 2.37. The van der Waals surface area contributed by atoms with Gasteiger partial charge < -0.3 is 0 Å². The van der Waals surface area contributed by atoms with Crippen LogP contribution in [0, 0.1) is 29.6 Å². The fourth-order valence-electron chi connectivity index (χ4n) is 5.56.